The molecule has 0 aromatic carbocycles. The zero-order valence-corrected chi connectivity index (χ0v) is 9.40. The number of rotatable bonds is 3. The molecule has 2 heteroatoms. The predicted octanol–water partition coefficient (Wildman–Crippen LogP) is 3.30. The van der Waals surface area contributed by atoms with Gasteiger partial charge >= 0.3 is 0 Å². The zero-order valence-electron chi connectivity index (χ0n) is 8.65. The number of hydrogen-bond donors (Lipinski definition) is 1. The maximum absolute atomic E-state index is 5.47. The minimum atomic E-state index is 0.457. The summed E-state index contributed by atoms with van der Waals surface area (Å²) < 4.78 is 0. The van der Waals surface area contributed by atoms with Gasteiger partial charge in [0.25, 0.3) is 0 Å². The van der Waals surface area contributed by atoms with Gasteiger partial charge in [-0.1, -0.05) is 44.4 Å². The van der Waals surface area contributed by atoms with Crippen LogP contribution in [0, 0.1) is 5.41 Å². The first-order chi connectivity index (χ1) is 6.17. The fourth-order valence-corrected chi connectivity index (χ4v) is 2.22. The second kappa shape index (κ2) is 5.02. The van der Waals surface area contributed by atoms with Crippen molar-refractivity contribution in [3.8, 4) is 0 Å². The standard InChI is InChI=1S/C11H20ClN/c1-11(2)7-4-3-6-10(11)13-9-5-8-12/h5,8,10,13H,3-4,6-7,9H2,1-2H3/b8-5+. The predicted molar refractivity (Wildman–Crippen MR) is 59.0 cm³/mol. The molecule has 0 aromatic rings. The summed E-state index contributed by atoms with van der Waals surface area (Å²) in [7, 11) is 0. The second-order valence-electron chi connectivity index (χ2n) is 4.56. The van der Waals surface area contributed by atoms with E-state index in [1.165, 1.54) is 25.7 Å². The fraction of sp³-hybridized carbons (Fsp3) is 0.818. The molecule has 1 atom stereocenters. The molecule has 1 unspecified atom stereocenters. The molecule has 0 aliphatic heterocycles. The first-order valence-corrected chi connectivity index (χ1v) is 5.59. The van der Waals surface area contributed by atoms with Crippen molar-refractivity contribution in [2.75, 3.05) is 6.54 Å². The van der Waals surface area contributed by atoms with Gasteiger partial charge in [-0.3, -0.25) is 0 Å². The highest BCUT2D eigenvalue weighted by Crippen LogP contribution is 2.35. The Hall–Kier alpha value is -0.0100. The second-order valence-corrected chi connectivity index (χ2v) is 4.81. The molecule has 1 fully saturated rings. The Kier molecular flexibility index (Phi) is 4.27. The summed E-state index contributed by atoms with van der Waals surface area (Å²) >= 11 is 5.47. The molecule has 0 aromatic heterocycles. The molecular formula is C11H20ClN. The maximum Gasteiger partial charge on any atom is 0.0149 e. The Balaban J connectivity index is 2.37. The third-order valence-electron chi connectivity index (χ3n) is 3.08. The summed E-state index contributed by atoms with van der Waals surface area (Å²) in [4.78, 5) is 0. The van der Waals surface area contributed by atoms with E-state index >= 15 is 0 Å². The third-order valence-corrected chi connectivity index (χ3v) is 3.26. The maximum atomic E-state index is 5.47. The molecule has 0 radical (unpaired) electrons. The summed E-state index contributed by atoms with van der Waals surface area (Å²) in [5.74, 6) is 0. The van der Waals surface area contributed by atoms with Gasteiger partial charge in [-0.15, -0.1) is 0 Å². The zero-order chi connectivity index (χ0) is 9.73. The van der Waals surface area contributed by atoms with Crippen LogP contribution in [0.2, 0.25) is 0 Å². The Labute approximate surface area is 86.5 Å². The van der Waals surface area contributed by atoms with Crippen LogP contribution in [0.15, 0.2) is 11.6 Å². The van der Waals surface area contributed by atoms with E-state index in [1.54, 1.807) is 5.54 Å². The molecule has 13 heavy (non-hydrogen) atoms. The number of nitrogens with one attached hydrogen (secondary N) is 1. The van der Waals surface area contributed by atoms with Gasteiger partial charge in [0.05, 0.1) is 0 Å². The van der Waals surface area contributed by atoms with Gasteiger partial charge in [-0.05, 0) is 18.3 Å². The van der Waals surface area contributed by atoms with E-state index in [-0.39, 0.29) is 0 Å². The van der Waals surface area contributed by atoms with Crippen LogP contribution in [0.5, 0.6) is 0 Å². The van der Waals surface area contributed by atoms with E-state index in [0.717, 1.165) is 6.54 Å². The van der Waals surface area contributed by atoms with Crippen molar-refractivity contribution in [1.29, 1.82) is 0 Å². The third kappa shape index (κ3) is 3.32. The van der Waals surface area contributed by atoms with Crippen LogP contribution < -0.4 is 5.32 Å². The van der Waals surface area contributed by atoms with Crippen molar-refractivity contribution in [2.45, 2.75) is 45.6 Å². The van der Waals surface area contributed by atoms with E-state index in [4.69, 9.17) is 11.6 Å². The lowest BCUT2D eigenvalue weighted by Gasteiger charge is -2.39. The Morgan fingerprint density at radius 2 is 2.23 bits per heavy atom. The van der Waals surface area contributed by atoms with Gasteiger partial charge in [0.2, 0.25) is 0 Å². The molecule has 0 spiro atoms. The van der Waals surface area contributed by atoms with Crippen molar-refractivity contribution in [2.24, 2.45) is 5.41 Å². The van der Waals surface area contributed by atoms with Gasteiger partial charge in [-0.2, -0.15) is 0 Å². The smallest absolute Gasteiger partial charge is 0.0149 e. The molecule has 76 valence electrons. The minimum Gasteiger partial charge on any atom is -0.310 e. The van der Waals surface area contributed by atoms with Crippen LogP contribution in [-0.4, -0.2) is 12.6 Å². The molecule has 1 rings (SSSR count). The molecule has 1 saturated carbocycles. The molecule has 0 amide bonds. The lowest BCUT2D eigenvalue weighted by atomic mass is 9.73. The van der Waals surface area contributed by atoms with Crippen LogP contribution in [0.3, 0.4) is 0 Å². The SMILES string of the molecule is CC1(C)CCCCC1NC/C=C/Cl. The molecule has 1 aliphatic carbocycles. The highest BCUT2D eigenvalue weighted by atomic mass is 35.5. The van der Waals surface area contributed by atoms with Crippen LogP contribution in [0.25, 0.3) is 0 Å². The average molecular weight is 202 g/mol. The molecular weight excluding hydrogens is 182 g/mol. The fourth-order valence-electron chi connectivity index (χ4n) is 2.13. The summed E-state index contributed by atoms with van der Waals surface area (Å²) in [6.07, 6.45) is 7.37. The number of hydrogen-bond acceptors (Lipinski definition) is 1. The Bertz CT molecular complexity index is 175. The molecule has 0 heterocycles. The molecule has 0 bridgehead atoms. The highest BCUT2D eigenvalue weighted by molar-refractivity contribution is 6.25. The molecule has 0 saturated heterocycles. The summed E-state index contributed by atoms with van der Waals surface area (Å²) in [5.41, 5.74) is 2.04. The van der Waals surface area contributed by atoms with Crippen molar-refractivity contribution < 1.29 is 0 Å². The first kappa shape index (κ1) is 11.1. The van der Waals surface area contributed by atoms with Crippen molar-refractivity contribution in [3.05, 3.63) is 11.6 Å². The lowest BCUT2D eigenvalue weighted by molar-refractivity contribution is 0.172. The topological polar surface area (TPSA) is 12.0 Å². The van der Waals surface area contributed by atoms with Gasteiger partial charge in [0, 0.05) is 18.1 Å². The van der Waals surface area contributed by atoms with Crippen LogP contribution in [0.4, 0.5) is 0 Å². The van der Waals surface area contributed by atoms with Crippen molar-refractivity contribution in [1.82, 2.24) is 5.32 Å². The molecule has 1 N–H and O–H groups in total. The highest BCUT2D eigenvalue weighted by Gasteiger charge is 2.31. The van der Waals surface area contributed by atoms with E-state index < -0.39 is 0 Å². The first-order valence-electron chi connectivity index (χ1n) is 5.15. The van der Waals surface area contributed by atoms with Gasteiger partial charge < -0.3 is 5.32 Å². The minimum absolute atomic E-state index is 0.457. The normalized spacial score (nSPS) is 28.1. The van der Waals surface area contributed by atoms with Gasteiger partial charge in [-0.25, -0.2) is 0 Å². The van der Waals surface area contributed by atoms with Crippen LogP contribution in [0.1, 0.15) is 39.5 Å². The van der Waals surface area contributed by atoms with E-state index in [2.05, 4.69) is 19.2 Å². The largest absolute Gasteiger partial charge is 0.310 e. The van der Waals surface area contributed by atoms with Crippen LogP contribution in [-0.2, 0) is 0 Å². The van der Waals surface area contributed by atoms with Gasteiger partial charge in [0.1, 0.15) is 0 Å². The number of halogens is 1. The quantitative estimate of drug-likeness (QED) is 0.739. The molecule has 1 nitrogen and oxygen atoms in total. The summed E-state index contributed by atoms with van der Waals surface area (Å²) in [5, 5.41) is 3.54. The Morgan fingerprint density at radius 3 is 2.85 bits per heavy atom. The molecule has 1 aliphatic rings. The van der Waals surface area contributed by atoms with Gasteiger partial charge in [0.15, 0.2) is 0 Å². The average Bonchev–Trinajstić information content (AvgIpc) is 2.08. The van der Waals surface area contributed by atoms with Crippen molar-refractivity contribution >= 4 is 11.6 Å². The van der Waals surface area contributed by atoms with Crippen LogP contribution >= 0.6 is 11.6 Å². The summed E-state index contributed by atoms with van der Waals surface area (Å²) in [6.45, 7) is 5.61. The van der Waals surface area contributed by atoms with Crippen molar-refractivity contribution in [3.63, 3.8) is 0 Å². The summed E-state index contributed by atoms with van der Waals surface area (Å²) in [6, 6.07) is 0.661. The lowest BCUT2D eigenvalue weighted by Crippen LogP contribution is -2.44. The monoisotopic (exact) mass is 201 g/mol. The van der Waals surface area contributed by atoms with E-state index in [9.17, 15) is 0 Å². The van der Waals surface area contributed by atoms with E-state index in [1.807, 2.05) is 6.08 Å². The Morgan fingerprint density at radius 1 is 1.46 bits per heavy atom. The van der Waals surface area contributed by atoms with E-state index in [0.29, 0.717) is 11.5 Å².